The van der Waals surface area contributed by atoms with Gasteiger partial charge in [-0.3, -0.25) is 14.2 Å². The van der Waals surface area contributed by atoms with Gasteiger partial charge in [-0.2, -0.15) is 0 Å². The molecule has 3 heterocycles. The number of thioether (sulfide) groups is 1. The van der Waals surface area contributed by atoms with Crippen LogP contribution in [-0.2, 0) is 24.2 Å². The van der Waals surface area contributed by atoms with Gasteiger partial charge in [0, 0.05) is 11.4 Å². The van der Waals surface area contributed by atoms with Gasteiger partial charge in [0.2, 0.25) is 5.91 Å². The number of nitrogens with one attached hydrogen (secondary N) is 1. The lowest BCUT2D eigenvalue weighted by atomic mass is 9.88. The molecule has 1 aliphatic rings. The molecule has 4 rings (SSSR count). The molecule has 0 aliphatic heterocycles. The second-order valence-electron chi connectivity index (χ2n) is 7.44. The van der Waals surface area contributed by atoms with Gasteiger partial charge in [-0.15, -0.1) is 39.4 Å². The number of rotatable bonds is 8. The normalized spacial score (nSPS) is 15.5. The minimum Gasteiger partial charge on any atom is -0.365 e. The first-order valence-corrected chi connectivity index (χ1v) is 12.6. The van der Waals surface area contributed by atoms with E-state index in [9.17, 15) is 9.59 Å². The lowest BCUT2D eigenvalue weighted by Gasteiger charge is -2.18. The number of aromatic nitrogens is 3. The van der Waals surface area contributed by atoms with Gasteiger partial charge in [0.25, 0.3) is 5.91 Å². The molecule has 7 nitrogen and oxygen atoms in total. The number of thiophene rings is 2. The Morgan fingerprint density at radius 1 is 1.45 bits per heavy atom. The number of carbonyl (C=O) groups excluding carboxylic acids is 2. The molecule has 0 bridgehead atoms. The molecule has 0 fully saturated rings. The molecule has 3 N–H and O–H groups in total. The van der Waals surface area contributed by atoms with Crippen molar-refractivity contribution in [3.63, 3.8) is 0 Å². The van der Waals surface area contributed by atoms with Crippen molar-refractivity contribution in [2.75, 3.05) is 11.1 Å². The number of hydrogen-bond acceptors (Lipinski definition) is 7. The van der Waals surface area contributed by atoms with E-state index in [0.717, 1.165) is 40.4 Å². The summed E-state index contributed by atoms with van der Waals surface area (Å²) in [5, 5.41) is 14.6. The van der Waals surface area contributed by atoms with Gasteiger partial charge in [-0.25, -0.2) is 0 Å². The van der Waals surface area contributed by atoms with E-state index in [0.29, 0.717) is 28.2 Å². The fourth-order valence-corrected chi connectivity index (χ4v) is 6.57. The molecule has 0 aromatic carbocycles. The van der Waals surface area contributed by atoms with Crippen molar-refractivity contribution >= 4 is 51.3 Å². The third kappa shape index (κ3) is 4.60. The van der Waals surface area contributed by atoms with Crippen LogP contribution in [0.4, 0.5) is 5.00 Å². The maximum absolute atomic E-state index is 12.7. The number of nitrogens with two attached hydrogens (primary N) is 1. The van der Waals surface area contributed by atoms with E-state index < -0.39 is 5.91 Å². The standard InChI is InChI=1S/C21H23N5O2S3/c1-3-8-26-19(14-5-4-9-29-14)24-25-21(26)30-11-16(27)23-20-17(18(22)28)13-7-6-12(2)10-15(13)31-20/h3-5,9,12H,1,6-8,10-11H2,2H3,(H2,22,28)(H,23,27). The van der Waals surface area contributed by atoms with Gasteiger partial charge in [-0.1, -0.05) is 30.8 Å². The minimum absolute atomic E-state index is 0.150. The smallest absolute Gasteiger partial charge is 0.251 e. The van der Waals surface area contributed by atoms with Gasteiger partial charge in [0.05, 0.1) is 16.2 Å². The van der Waals surface area contributed by atoms with Gasteiger partial charge in [0.15, 0.2) is 11.0 Å². The SMILES string of the molecule is C=CCn1c(SCC(=O)Nc2sc3c(c2C(N)=O)CCC(C)C3)nnc1-c1cccs1. The number of hydrogen-bond donors (Lipinski definition) is 2. The van der Waals surface area contributed by atoms with E-state index in [1.165, 1.54) is 23.1 Å². The first-order chi connectivity index (χ1) is 15.0. The number of nitrogens with zero attached hydrogens (tertiary/aromatic N) is 3. The lowest BCUT2D eigenvalue weighted by Crippen LogP contribution is -2.20. The van der Waals surface area contributed by atoms with Crippen LogP contribution in [0.2, 0.25) is 0 Å². The van der Waals surface area contributed by atoms with Crippen molar-refractivity contribution in [3.8, 4) is 10.7 Å². The van der Waals surface area contributed by atoms with Gasteiger partial charge >= 0.3 is 0 Å². The number of carbonyl (C=O) groups is 2. The van der Waals surface area contributed by atoms with E-state index in [1.54, 1.807) is 17.4 Å². The molecule has 1 aliphatic carbocycles. The quantitative estimate of drug-likeness (QED) is 0.377. The van der Waals surface area contributed by atoms with Crippen molar-refractivity contribution in [1.29, 1.82) is 0 Å². The molecular formula is C21H23N5O2S3. The highest BCUT2D eigenvalue weighted by Crippen LogP contribution is 2.39. The molecule has 10 heteroatoms. The zero-order chi connectivity index (χ0) is 22.0. The number of allylic oxidation sites excluding steroid dienone is 1. The van der Waals surface area contributed by atoms with Crippen LogP contribution in [0.3, 0.4) is 0 Å². The van der Waals surface area contributed by atoms with E-state index in [-0.39, 0.29) is 11.7 Å². The summed E-state index contributed by atoms with van der Waals surface area (Å²) in [6, 6.07) is 3.95. The van der Waals surface area contributed by atoms with Crippen LogP contribution in [0.5, 0.6) is 0 Å². The molecule has 3 aromatic heterocycles. The van der Waals surface area contributed by atoms with Crippen LogP contribution in [0.1, 0.15) is 34.1 Å². The van der Waals surface area contributed by atoms with Crippen LogP contribution in [-0.4, -0.2) is 32.3 Å². The minimum atomic E-state index is -0.485. The van der Waals surface area contributed by atoms with Crippen molar-refractivity contribution in [3.05, 3.63) is 46.2 Å². The van der Waals surface area contributed by atoms with E-state index in [2.05, 4.69) is 29.0 Å². The average molecular weight is 474 g/mol. The predicted octanol–water partition coefficient (Wildman–Crippen LogP) is 4.21. The van der Waals surface area contributed by atoms with Gasteiger partial charge in [0.1, 0.15) is 5.00 Å². The second kappa shape index (κ2) is 9.37. The number of amides is 2. The summed E-state index contributed by atoms with van der Waals surface area (Å²) in [5.41, 5.74) is 7.12. The largest absolute Gasteiger partial charge is 0.365 e. The first kappa shape index (κ1) is 21.8. The second-order valence-corrected chi connectivity index (χ2v) is 10.4. The topological polar surface area (TPSA) is 103 Å². The molecule has 162 valence electrons. The zero-order valence-corrected chi connectivity index (χ0v) is 19.5. The Bertz CT molecular complexity index is 1120. The van der Waals surface area contributed by atoms with Crippen LogP contribution < -0.4 is 11.1 Å². The van der Waals surface area contributed by atoms with E-state index in [1.807, 2.05) is 22.1 Å². The summed E-state index contributed by atoms with van der Waals surface area (Å²) in [4.78, 5) is 26.9. The van der Waals surface area contributed by atoms with Gasteiger partial charge in [-0.05, 0) is 42.2 Å². The first-order valence-electron chi connectivity index (χ1n) is 9.92. The molecule has 1 unspecified atom stereocenters. The Hall–Kier alpha value is -2.43. The molecular weight excluding hydrogens is 450 g/mol. The molecule has 0 saturated carbocycles. The highest BCUT2D eigenvalue weighted by Gasteiger charge is 2.27. The van der Waals surface area contributed by atoms with Crippen molar-refractivity contribution in [2.45, 2.75) is 37.9 Å². The summed E-state index contributed by atoms with van der Waals surface area (Å²) in [7, 11) is 0. The van der Waals surface area contributed by atoms with Crippen LogP contribution in [0, 0.1) is 5.92 Å². The monoisotopic (exact) mass is 473 g/mol. The number of fused-ring (bicyclic) bond motifs is 1. The summed E-state index contributed by atoms with van der Waals surface area (Å²) < 4.78 is 1.94. The van der Waals surface area contributed by atoms with Crippen LogP contribution in [0.15, 0.2) is 35.3 Å². The average Bonchev–Trinajstić information content (AvgIpc) is 3.44. The van der Waals surface area contributed by atoms with E-state index >= 15 is 0 Å². The highest BCUT2D eigenvalue weighted by atomic mass is 32.2. The highest BCUT2D eigenvalue weighted by molar-refractivity contribution is 7.99. The Morgan fingerprint density at radius 2 is 2.29 bits per heavy atom. The molecule has 0 radical (unpaired) electrons. The maximum Gasteiger partial charge on any atom is 0.251 e. The molecule has 3 aromatic rings. The Morgan fingerprint density at radius 3 is 3.00 bits per heavy atom. The maximum atomic E-state index is 12.7. The van der Waals surface area contributed by atoms with Crippen molar-refractivity contribution < 1.29 is 9.59 Å². The Labute approximate surface area is 192 Å². The Kier molecular flexibility index (Phi) is 6.59. The van der Waals surface area contributed by atoms with Crippen molar-refractivity contribution in [1.82, 2.24) is 14.8 Å². The molecule has 2 amide bonds. The fourth-order valence-electron chi connectivity index (χ4n) is 3.67. The van der Waals surface area contributed by atoms with Crippen molar-refractivity contribution in [2.24, 2.45) is 11.7 Å². The third-order valence-corrected chi connectivity index (χ3v) is 8.12. The van der Waals surface area contributed by atoms with Gasteiger partial charge < -0.3 is 11.1 Å². The predicted molar refractivity (Wildman–Crippen MR) is 127 cm³/mol. The molecule has 0 saturated heterocycles. The molecule has 1 atom stereocenters. The van der Waals surface area contributed by atoms with Crippen LogP contribution >= 0.6 is 34.4 Å². The summed E-state index contributed by atoms with van der Waals surface area (Å²) in [5.74, 6) is 0.789. The number of primary amides is 1. The number of anilines is 1. The summed E-state index contributed by atoms with van der Waals surface area (Å²) >= 11 is 4.36. The Balaban J connectivity index is 1.48. The fraction of sp³-hybridized carbons (Fsp3) is 0.333. The third-order valence-electron chi connectivity index (χ3n) is 5.11. The van der Waals surface area contributed by atoms with E-state index in [4.69, 9.17) is 5.73 Å². The van der Waals surface area contributed by atoms with Crippen LogP contribution in [0.25, 0.3) is 10.7 Å². The summed E-state index contributed by atoms with van der Waals surface area (Å²) in [6.45, 7) is 6.56. The molecule has 0 spiro atoms. The summed E-state index contributed by atoms with van der Waals surface area (Å²) in [6.07, 6.45) is 4.55. The molecule has 31 heavy (non-hydrogen) atoms. The zero-order valence-electron chi connectivity index (χ0n) is 17.1. The lowest BCUT2D eigenvalue weighted by molar-refractivity contribution is -0.113.